The number of carbonyl (C=O) groups is 1. The predicted octanol–water partition coefficient (Wildman–Crippen LogP) is 0.218. The number of hydrogen-bond acceptors (Lipinski definition) is 3. The summed E-state index contributed by atoms with van der Waals surface area (Å²) < 4.78 is 0. The second kappa shape index (κ2) is 2.67. The Balaban J connectivity index is 2.27. The largest absolute Gasteiger partial charge is 0.371 e. The summed E-state index contributed by atoms with van der Waals surface area (Å²) in [6.45, 7) is 0.797. The molecule has 1 aliphatic rings. The summed E-state index contributed by atoms with van der Waals surface area (Å²) in [5.41, 5.74) is 2.55. The monoisotopic (exact) mass is 115 g/mol. The van der Waals surface area contributed by atoms with Gasteiger partial charge in [-0.05, 0) is 12.8 Å². The van der Waals surface area contributed by atoms with Crippen LogP contribution < -0.4 is 5.48 Å². The molecule has 0 amide bonds. The second-order valence-electron chi connectivity index (χ2n) is 1.83. The molecule has 1 fully saturated rings. The molecule has 0 aromatic heterocycles. The fourth-order valence-corrected chi connectivity index (χ4v) is 0.649. The van der Waals surface area contributed by atoms with E-state index in [9.17, 15) is 4.79 Å². The summed E-state index contributed by atoms with van der Waals surface area (Å²) >= 11 is 0. The highest BCUT2D eigenvalue weighted by molar-refractivity contribution is 5.69. The molecule has 46 valence electrons. The highest BCUT2D eigenvalue weighted by Crippen LogP contribution is 1.98. The molecule has 0 aliphatic carbocycles. The first-order valence-corrected chi connectivity index (χ1v) is 2.82. The van der Waals surface area contributed by atoms with Gasteiger partial charge in [0, 0.05) is 13.0 Å². The van der Waals surface area contributed by atoms with E-state index in [0.717, 1.165) is 19.4 Å². The summed E-state index contributed by atoms with van der Waals surface area (Å²) in [6.07, 6.45) is 2.55. The maximum Gasteiger partial charge on any atom is 0.324 e. The highest BCUT2D eigenvalue weighted by atomic mass is 16.7. The van der Waals surface area contributed by atoms with Crippen LogP contribution in [0.4, 0.5) is 0 Å². The topological polar surface area (TPSA) is 38.3 Å². The first-order valence-electron chi connectivity index (χ1n) is 2.82. The quantitative estimate of drug-likeness (QED) is 0.490. The standard InChI is InChI=1S/C5H9NO2/c7-5-3-1-2-4-6-8-5/h6H,1-4H2. The Morgan fingerprint density at radius 2 is 2.38 bits per heavy atom. The fourth-order valence-electron chi connectivity index (χ4n) is 0.649. The maximum absolute atomic E-state index is 10.4. The summed E-state index contributed by atoms with van der Waals surface area (Å²) in [6, 6.07) is 0. The van der Waals surface area contributed by atoms with Crippen LogP contribution in [0.25, 0.3) is 0 Å². The van der Waals surface area contributed by atoms with Gasteiger partial charge in [-0.3, -0.25) is 4.79 Å². The van der Waals surface area contributed by atoms with Gasteiger partial charge in [-0.2, -0.15) is 5.48 Å². The Bertz CT molecular complexity index is 82.4. The van der Waals surface area contributed by atoms with E-state index in [1.807, 2.05) is 0 Å². The van der Waals surface area contributed by atoms with Crippen LogP contribution >= 0.6 is 0 Å². The zero-order chi connectivity index (χ0) is 5.82. The molecule has 0 aromatic carbocycles. The normalized spacial score (nSPS) is 21.8. The molecule has 0 aromatic rings. The summed E-state index contributed by atoms with van der Waals surface area (Å²) in [7, 11) is 0. The third-order valence-electron chi connectivity index (χ3n) is 1.10. The number of hydroxylamine groups is 1. The van der Waals surface area contributed by atoms with Gasteiger partial charge in [0.25, 0.3) is 0 Å². The van der Waals surface area contributed by atoms with Crippen LogP contribution in [0.3, 0.4) is 0 Å². The predicted molar refractivity (Wildman–Crippen MR) is 27.9 cm³/mol. The summed E-state index contributed by atoms with van der Waals surface area (Å²) in [4.78, 5) is 14.9. The first-order chi connectivity index (χ1) is 3.89. The minimum atomic E-state index is -0.137. The molecule has 0 unspecified atom stereocenters. The van der Waals surface area contributed by atoms with Gasteiger partial charge >= 0.3 is 5.97 Å². The minimum Gasteiger partial charge on any atom is -0.371 e. The number of hydrogen-bond donors (Lipinski definition) is 1. The van der Waals surface area contributed by atoms with Gasteiger partial charge in [0.2, 0.25) is 0 Å². The maximum atomic E-state index is 10.4. The van der Waals surface area contributed by atoms with E-state index in [2.05, 4.69) is 10.3 Å². The lowest BCUT2D eigenvalue weighted by molar-refractivity contribution is -0.149. The Labute approximate surface area is 48.0 Å². The lowest BCUT2D eigenvalue weighted by Gasteiger charge is -1.95. The van der Waals surface area contributed by atoms with Crippen molar-refractivity contribution < 1.29 is 9.63 Å². The van der Waals surface area contributed by atoms with Crippen molar-refractivity contribution in [1.29, 1.82) is 0 Å². The van der Waals surface area contributed by atoms with Crippen molar-refractivity contribution >= 4 is 5.97 Å². The molecule has 3 nitrogen and oxygen atoms in total. The Morgan fingerprint density at radius 1 is 1.50 bits per heavy atom. The van der Waals surface area contributed by atoms with E-state index in [-0.39, 0.29) is 5.97 Å². The van der Waals surface area contributed by atoms with Crippen LogP contribution in [-0.4, -0.2) is 12.5 Å². The van der Waals surface area contributed by atoms with E-state index in [1.54, 1.807) is 0 Å². The molecule has 1 heterocycles. The van der Waals surface area contributed by atoms with Gasteiger partial charge < -0.3 is 4.84 Å². The average molecular weight is 115 g/mol. The molecule has 1 aliphatic heterocycles. The fraction of sp³-hybridized carbons (Fsp3) is 0.800. The second-order valence-corrected chi connectivity index (χ2v) is 1.83. The van der Waals surface area contributed by atoms with Crippen LogP contribution in [0.15, 0.2) is 0 Å². The zero-order valence-corrected chi connectivity index (χ0v) is 4.64. The molecule has 1 N–H and O–H groups in total. The smallest absolute Gasteiger partial charge is 0.324 e. The van der Waals surface area contributed by atoms with Gasteiger partial charge in [0.15, 0.2) is 0 Å². The SMILES string of the molecule is O=C1CCCCNO1. The molecular weight excluding hydrogens is 106 g/mol. The van der Waals surface area contributed by atoms with Gasteiger partial charge in [0.05, 0.1) is 0 Å². The molecule has 3 heteroatoms. The summed E-state index contributed by atoms with van der Waals surface area (Å²) in [5, 5.41) is 0. The Hall–Kier alpha value is -0.570. The van der Waals surface area contributed by atoms with E-state index in [0.29, 0.717) is 6.42 Å². The van der Waals surface area contributed by atoms with Gasteiger partial charge in [-0.25, -0.2) is 0 Å². The Morgan fingerprint density at radius 3 is 3.25 bits per heavy atom. The van der Waals surface area contributed by atoms with Crippen molar-refractivity contribution in [1.82, 2.24) is 5.48 Å². The van der Waals surface area contributed by atoms with Crippen LogP contribution in [0.5, 0.6) is 0 Å². The summed E-state index contributed by atoms with van der Waals surface area (Å²) in [5.74, 6) is -0.137. The molecule has 0 spiro atoms. The molecule has 0 radical (unpaired) electrons. The third kappa shape index (κ3) is 1.50. The Kier molecular flexibility index (Phi) is 1.86. The van der Waals surface area contributed by atoms with Crippen molar-refractivity contribution in [2.45, 2.75) is 19.3 Å². The average Bonchev–Trinajstić information content (AvgIpc) is 1.94. The molecule has 1 rings (SSSR count). The van der Waals surface area contributed by atoms with Crippen molar-refractivity contribution in [3.05, 3.63) is 0 Å². The van der Waals surface area contributed by atoms with Gasteiger partial charge in [-0.15, -0.1) is 0 Å². The number of nitrogens with one attached hydrogen (secondary N) is 1. The zero-order valence-electron chi connectivity index (χ0n) is 4.64. The van der Waals surface area contributed by atoms with E-state index >= 15 is 0 Å². The minimum absolute atomic E-state index is 0.137. The number of rotatable bonds is 0. The molecule has 0 atom stereocenters. The van der Waals surface area contributed by atoms with Crippen LogP contribution in [-0.2, 0) is 9.63 Å². The first kappa shape index (κ1) is 5.56. The van der Waals surface area contributed by atoms with E-state index in [1.165, 1.54) is 0 Å². The molecule has 0 bridgehead atoms. The lowest BCUT2D eigenvalue weighted by Crippen LogP contribution is -2.16. The van der Waals surface area contributed by atoms with Gasteiger partial charge in [0.1, 0.15) is 0 Å². The van der Waals surface area contributed by atoms with Crippen LogP contribution in [0.1, 0.15) is 19.3 Å². The van der Waals surface area contributed by atoms with Crippen LogP contribution in [0.2, 0.25) is 0 Å². The third-order valence-corrected chi connectivity index (χ3v) is 1.10. The van der Waals surface area contributed by atoms with Crippen molar-refractivity contribution in [2.75, 3.05) is 6.54 Å². The number of carbonyl (C=O) groups excluding carboxylic acids is 1. The van der Waals surface area contributed by atoms with Crippen LogP contribution in [0, 0.1) is 0 Å². The molecular formula is C5H9NO2. The van der Waals surface area contributed by atoms with Gasteiger partial charge in [-0.1, -0.05) is 0 Å². The van der Waals surface area contributed by atoms with E-state index < -0.39 is 0 Å². The van der Waals surface area contributed by atoms with Crippen molar-refractivity contribution in [3.63, 3.8) is 0 Å². The molecule has 1 saturated heterocycles. The molecule has 8 heavy (non-hydrogen) atoms. The van der Waals surface area contributed by atoms with Crippen molar-refractivity contribution in [2.24, 2.45) is 0 Å². The molecule has 0 saturated carbocycles. The van der Waals surface area contributed by atoms with E-state index in [4.69, 9.17) is 0 Å². The van der Waals surface area contributed by atoms with Crippen molar-refractivity contribution in [3.8, 4) is 0 Å². The lowest BCUT2D eigenvalue weighted by atomic mass is 10.2. The highest BCUT2D eigenvalue weighted by Gasteiger charge is 2.05.